The Balaban J connectivity index is 1.82. The van der Waals surface area contributed by atoms with Gasteiger partial charge in [0, 0.05) is 16.3 Å². The van der Waals surface area contributed by atoms with Crippen molar-refractivity contribution in [3.05, 3.63) is 64.4 Å². The topological polar surface area (TPSA) is 74.7 Å². The van der Waals surface area contributed by atoms with E-state index in [4.69, 9.17) is 5.11 Å². The van der Waals surface area contributed by atoms with E-state index >= 15 is 0 Å². The lowest BCUT2D eigenvalue weighted by Crippen LogP contribution is -2.27. The Hall–Kier alpha value is -2.64. The van der Waals surface area contributed by atoms with E-state index in [1.54, 1.807) is 30.3 Å². The Kier molecular flexibility index (Phi) is 4.87. The van der Waals surface area contributed by atoms with Crippen molar-refractivity contribution in [2.75, 3.05) is 6.54 Å². The molecular formula is C18H13NO4S2. The molecule has 0 radical (unpaired) electrons. The summed E-state index contributed by atoms with van der Waals surface area (Å²) in [5.41, 5.74) is 1.13. The number of amides is 2. The highest BCUT2D eigenvalue weighted by atomic mass is 32.2. The highest BCUT2D eigenvalue weighted by Gasteiger charge is 2.34. The fourth-order valence-electron chi connectivity index (χ4n) is 2.28. The quantitative estimate of drug-likeness (QED) is 0.625. The first-order valence-corrected chi connectivity index (χ1v) is 8.92. The minimum atomic E-state index is -0.964. The zero-order valence-corrected chi connectivity index (χ0v) is 14.6. The van der Waals surface area contributed by atoms with Gasteiger partial charge in [-0.25, -0.2) is 4.79 Å². The Labute approximate surface area is 152 Å². The molecule has 1 aromatic carbocycles. The van der Waals surface area contributed by atoms with Gasteiger partial charge in [-0.1, -0.05) is 18.2 Å². The van der Waals surface area contributed by atoms with Gasteiger partial charge in [-0.3, -0.25) is 14.5 Å². The first-order valence-electron chi connectivity index (χ1n) is 7.29. The molecule has 1 fully saturated rings. The summed E-state index contributed by atoms with van der Waals surface area (Å²) in [6.45, 7) is 3.75. The molecule has 0 saturated carbocycles. The summed E-state index contributed by atoms with van der Waals surface area (Å²) in [6.07, 6.45) is 3.22. The van der Waals surface area contributed by atoms with Crippen molar-refractivity contribution in [3.63, 3.8) is 0 Å². The van der Waals surface area contributed by atoms with Gasteiger partial charge in [0.1, 0.15) is 0 Å². The molecular weight excluding hydrogens is 358 g/mol. The molecule has 1 aromatic heterocycles. The van der Waals surface area contributed by atoms with E-state index in [1.807, 2.05) is 12.1 Å². The van der Waals surface area contributed by atoms with Crippen molar-refractivity contribution >= 4 is 46.3 Å². The fourth-order valence-corrected chi connectivity index (χ4v) is 4.15. The Morgan fingerprint density at radius 3 is 2.52 bits per heavy atom. The molecule has 5 nitrogen and oxygen atoms in total. The smallest absolute Gasteiger partial charge is 0.335 e. The number of carbonyl (C=O) groups excluding carboxylic acids is 2. The van der Waals surface area contributed by atoms with Crippen LogP contribution in [0.15, 0.2) is 54.0 Å². The highest BCUT2D eigenvalue weighted by Crippen LogP contribution is 2.35. The van der Waals surface area contributed by atoms with Gasteiger partial charge in [0.05, 0.1) is 10.5 Å². The Morgan fingerprint density at radius 2 is 1.88 bits per heavy atom. The van der Waals surface area contributed by atoms with E-state index in [2.05, 4.69) is 6.58 Å². The Bertz CT molecular complexity index is 896. The third kappa shape index (κ3) is 3.57. The molecule has 1 saturated heterocycles. The molecule has 0 atom stereocenters. The molecule has 7 heteroatoms. The molecule has 0 aliphatic carbocycles. The van der Waals surface area contributed by atoms with Crippen LogP contribution in [0.3, 0.4) is 0 Å². The van der Waals surface area contributed by atoms with Crippen LogP contribution in [-0.4, -0.2) is 33.7 Å². The number of carboxylic acid groups (broad SMARTS) is 1. The second kappa shape index (κ2) is 7.08. The number of benzene rings is 1. The molecule has 1 aliphatic heterocycles. The maximum Gasteiger partial charge on any atom is 0.335 e. The van der Waals surface area contributed by atoms with Crippen molar-refractivity contribution in [2.45, 2.75) is 0 Å². The molecule has 1 aliphatic rings. The number of aromatic carboxylic acids is 1. The standard InChI is InChI=1S/C18H13NO4S2/c1-2-9-19-16(20)15(25-18(19)23)10-13-7-8-14(24-13)11-3-5-12(6-4-11)17(21)22/h2-8,10H,1,9H2,(H,21,22). The summed E-state index contributed by atoms with van der Waals surface area (Å²) in [5.74, 6) is -1.27. The van der Waals surface area contributed by atoms with Gasteiger partial charge < -0.3 is 5.11 Å². The van der Waals surface area contributed by atoms with Crippen molar-refractivity contribution in [1.29, 1.82) is 0 Å². The SMILES string of the molecule is C=CCN1C(=O)SC(=Cc2ccc(-c3ccc(C(=O)O)cc3)s2)C1=O. The van der Waals surface area contributed by atoms with E-state index in [1.165, 1.54) is 17.4 Å². The lowest BCUT2D eigenvalue weighted by Gasteiger charge is -2.07. The molecule has 25 heavy (non-hydrogen) atoms. The molecule has 0 bridgehead atoms. The van der Waals surface area contributed by atoms with Crippen LogP contribution >= 0.6 is 23.1 Å². The van der Waals surface area contributed by atoms with E-state index < -0.39 is 5.97 Å². The van der Waals surface area contributed by atoms with Gasteiger partial charge >= 0.3 is 5.97 Å². The summed E-state index contributed by atoms with van der Waals surface area (Å²) in [4.78, 5) is 38.3. The molecule has 0 unspecified atom stereocenters. The largest absolute Gasteiger partial charge is 0.478 e. The van der Waals surface area contributed by atoms with Crippen LogP contribution in [0, 0.1) is 0 Å². The molecule has 2 heterocycles. The minimum Gasteiger partial charge on any atom is -0.478 e. The van der Waals surface area contributed by atoms with Crippen LogP contribution in [0.25, 0.3) is 16.5 Å². The predicted octanol–water partition coefficient (Wildman–Crippen LogP) is 4.34. The number of carbonyl (C=O) groups is 3. The number of nitrogens with zero attached hydrogens (tertiary/aromatic N) is 1. The number of rotatable bonds is 5. The second-order valence-corrected chi connectivity index (χ2v) is 7.27. The normalized spacial score (nSPS) is 15.8. The number of thiophene rings is 1. The number of thioether (sulfide) groups is 1. The highest BCUT2D eigenvalue weighted by molar-refractivity contribution is 8.18. The zero-order chi connectivity index (χ0) is 18.0. The third-order valence-corrected chi connectivity index (χ3v) is 5.49. The maximum absolute atomic E-state index is 12.2. The van der Waals surface area contributed by atoms with E-state index in [0.717, 1.165) is 32.0 Å². The van der Waals surface area contributed by atoms with Crippen LogP contribution in [0.5, 0.6) is 0 Å². The van der Waals surface area contributed by atoms with Gasteiger partial charge in [0.15, 0.2) is 0 Å². The molecule has 126 valence electrons. The van der Waals surface area contributed by atoms with Gasteiger partial charge in [-0.05, 0) is 47.7 Å². The summed E-state index contributed by atoms with van der Waals surface area (Å²) >= 11 is 2.38. The molecule has 1 N–H and O–H groups in total. The van der Waals surface area contributed by atoms with E-state index in [0.29, 0.717) is 4.91 Å². The maximum atomic E-state index is 12.2. The van der Waals surface area contributed by atoms with Crippen molar-refractivity contribution in [1.82, 2.24) is 4.90 Å². The van der Waals surface area contributed by atoms with Crippen molar-refractivity contribution in [2.24, 2.45) is 0 Å². The van der Waals surface area contributed by atoms with E-state index in [-0.39, 0.29) is 23.3 Å². The number of carboxylic acids is 1. The average Bonchev–Trinajstić information content (AvgIpc) is 3.16. The Morgan fingerprint density at radius 1 is 1.16 bits per heavy atom. The van der Waals surface area contributed by atoms with E-state index in [9.17, 15) is 14.4 Å². The number of hydrogen-bond acceptors (Lipinski definition) is 5. The van der Waals surface area contributed by atoms with Crippen LogP contribution in [0.1, 0.15) is 15.2 Å². The third-order valence-electron chi connectivity index (χ3n) is 3.50. The number of hydrogen-bond donors (Lipinski definition) is 1. The summed E-state index contributed by atoms with van der Waals surface area (Å²) in [7, 11) is 0. The summed E-state index contributed by atoms with van der Waals surface area (Å²) < 4.78 is 0. The van der Waals surface area contributed by atoms with Crippen LogP contribution < -0.4 is 0 Å². The van der Waals surface area contributed by atoms with Gasteiger partial charge in [-0.2, -0.15) is 0 Å². The fraction of sp³-hybridized carbons (Fsp3) is 0.0556. The molecule has 2 amide bonds. The predicted molar refractivity (Wildman–Crippen MR) is 99.6 cm³/mol. The molecule has 2 aromatic rings. The first-order chi connectivity index (χ1) is 12.0. The minimum absolute atomic E-state index is 0.202. The summed E-state index contributed by atoms with van der Waals surface area (Å²) in [6, 6.07) is 10.4. The number of imide groups is 1. The second-order valence-electron chi connectivity index (χ2n) is 5.17. The average molecular weight is 371 g/mol. The van der Waals surface area contributed by atoms with Crippen LogP contribution in [0.2, 0.25) is 0 Å². The van der Waals surface area contributed by atoms with Gasteiger partial charge in [-0.15, -0.1) is 17.9 Å². The first kappa shape index (κ1) is 17.2. The van der Waals surface area contributed by atoms with Crippen molar-refractivity contribution < 1.29 is 19.5 Å². The lowest BCUT2D eigenvalue weighted by molar-refractivity contribution is -0.122. The monoisotopic (exact) mass is 371 g/mol. The zero-order valence-electron chi connectivity index (χ0n) is 13.0. The molecule has 3 rings (SSSR count). The van der Waals surface area contributed by atoms with Crippen LogP contribution in [0.4, 0.5) is 4.79 Å². The van der Waals surface area contributed by atoms with Crippen LogP contribution in [-0.2, 0) is 4.79 Å². The van der Waals surface area contributed by atoms with Gasteiger partial charge in [0.25, 0.3) is 11.1 Å². The van der Waals surface area contributed by atoms with Gasteiger partial charge in [0.2, 0.25) is 0 Å². The van der Waals surface area contributed by atoms with Crippen molar-refractivity contribution in [3.8, 4) is 10.4 Å². The lowest BCUT2D eigenvalue weighted by atomic mass is 10.1. The summed E-state index contributed by atoms with van der Waals surface area (Å²) in [5, 5.41) is 8.64. The molecule has 0 spiro atoms.